The predicted octanol–water partition coefficient (Wildman–Crippen LogP) is 6.79. The third-order valence-corrected chi connectivity index (χ3v) is 4.34. The van der Waals surface area contributed by atoms with Crippen LogP contribution in [0.15, 0.2) is 54.6 Å². The molecule has 0 atom stereocenters. The van der Waals surface area contributed by atoms with Crippen molar-refractivity contribution in [2.24, 2.45) is 0 Å². The van der Waals surface area contributed by atoms with E-state index in [0.717, 1.165) is 24.5 Å². The number of ether oxygens (including phenoxy) is 2. The molecule has 0 N–H and O–H groups in total. The molecule has 0 radical (unpaired) electrons. The Morgan fingerprint density at radius 1 is 0.600 bits per heavy atom. The molecular formula is C23H32O2. The zero-order chi connectivity index (χ0) is 17.6. The molecule has 0 saturated carbocycles. The van der Waals surface area contributed by atoms with Gasteiger partial charge < -0.3 is 9.47 Å². The van der Waals surface area contributed by atoms with Crippen LogP contribution in [0.1, 0.15) is 63.9 Å². The quantitative estimate of drug-likeness (QED) is 0.374. The van der Waals surface area contributed by atoms with Crippen LogP contribution in [0.2, 0.25) is 0 Å². The van der Waals surface area contributed by atoms with E-state index in [4.69, 9.17) is 9.47 Å². The average Bonchev–Trinajstić information content (AvgIpc) is 2.67. The molecule has 0 unspecified atom stereocenters. The molecule has 0 aromatic heterocycles. The van der Waals surface area contributed by atoms with Gasteiger partial charge in [0.25, 0.3) is 0 Å². The van der Waals surface area contributed by atoms with Crippen LogP contribution < -0.4 is 9.47 Å². The lowest BCUT2D eigenvalue weighted by Crippen LogP contribution is -1.98. The van der Waals surface area contributed by atoms with Crippen LogP contribution >= 0.6 is 0 Å². The zero-order valence-electron chi connectivity index (χ0n) is 15.6. The summed E-state index contributed by atoms with van der Waals surface area (Å²) in [5, 5.41) is 0. The van der Waals surface area contributed by atoms with Gasteiger partial charge in [0.05, 0.1) is 6.61 Å². The van der Waals surface area contributed by atoms with Crippen molar-refractivity contribution in [2.45, 2.75) is 64.9 Å². The van der Waals surface area contributed by atoms with Gasteiger partial charge in [-0.2, -0.15) is 0 Å². The van der Waals surface area contributed by atoms with Crippen LogP contribution in [0.3, 0.4) is 0 Å². The van der Waals surface area contributed by atoms with Crippen LogP contribution in [-0.4, -0.2) is 6.61 Å². The highest BCUT2D eigenvalue weighted by Gasteiger charge is 1.98. The number of hydrogen-bond acceptors (Lipinski definition) is 2. The van der Waals surface area contributed by atoms with Crippen molar-refractivity contribution >= 4 is 0 Å². The lowest BCUT2D eigenvalue weighted by Gasteiger charge is -2.09. The second kappa shape index (κ2) is 12.4. The van der Waals surface area contributed by atoms with E-state index in [0.29, 0.717) is 6.61 Å². The van der Waals surface area contributed by atoms with Gasteiger partial charge in [-0.3, -0.25) is 0 Å². The normalized spacial score (nSPS) is 10.6. The maximum absolute atomic E-state index is 5.81. The Balaban J connectivity index is 1.54. The largest absolute Gasteiger partial charge is 0.494 e. The standard InChI is InChI=1S/C23H32O2/c1-2-3-4-5-6-7-8-12-19-24-22-15-17-23(18-16-22)25-20-21-13-10-9-11-14-21/h9-11,13-18H,2-8,12,19-20H2,1H3. The van der Waals surface area contributed by atoms with Gasteiger partial charge in [0.1, 0.15) is 18.1 Å². The van der Waals surface area contributed by atoms with E-state index in [1.807, 2.05) is 42.5 Å². The van der Waals surface area contributed by atoms with Crippen molar-refractivity contribution in [3.05, 3.63) is 60.2 Å². The summed E-state index contributed by atoms with van der Waals surface area (Å²) in [7, 11) is 0. The van der Waals surface area contributed by atoms with Gasteiger partial charge in [0.2, 0.25) is 0 Å². The van der Waals surface area contributed by atoms with Crippen molar-refractivity contribution in [1.82, 2.24) is 0 Å². The maximum atomic E-state index is 5.81. The molecule has 0 heterocycles. The van der Waals surface area contributed by atoms with E-state index < -0.39 is 0 Å². The molecule has 0 aliphatic heterocycles. The van der Waals surface area contributed by atoms with Gasteiger partial charge in [-0.1, -0.05) is 82.2 Å². The van der Waals surface area contributed by atoms with Crippen molar-refractivity contribution in [2.75, 3.05) is 6.61 Å². The van der Waals surface area contributed by atoms with Crippen LogP contribution in [-0.2, 0) is 6.61 Å². The van der Waals surface area contributed by atoms with Gasteiger partial charge in [0.15, 0.2) is 0 Å². The summed E-state index contributed by atoms with van der Waals surface area (Å²) in [6, 6.07) is 18.2. The van der Waals surface area contributed by atoms with Gasteiger partial charge in [-0.05, 0) is 36.2 Å². The summed E-state index contributed by atoms with van der Waals surface area (Å²) >= 11 is 0. The van der Waals surface area contributed by atoms with E-state index in [2.05, 4.69) is 19.1 Å². The molecule has 0 aliphatic carbocycles. The Morgan fingerprint density at radius 2 is 1.16 bits per heavy atom. The van der Waals surface area contributed by atoms with Gasteiger partial charge in [0, 0.05) is 0 Å². The summed E-state index contributed by atoms with van der Waals surface area (Å²) in [6.45, 7) is 3.66. The highest BCUT2D eigenvalue weighted by atomic mass is 16.5. The Kier molecular flexibility index (Phi) is 9.61. The first kappa shape index (κ1) is 19.4. The number of unbranched alkanes of at least 4 members (excludes halogenated alkanes) is 7. The third kappa shape index (κ3) is 8.62. The SMILES string of the molecule is CCCCCCCCCCOc1ccc(OCc2ccccc2)cc1. The van der Waals surface area contributed by atoms with Crippen molar-refractivity contribution < 1.29 is 9.47 Å². The van der Waals surface area contributed by atoms with Crippen LogP contribution in [0.4, 0.5) is 0 Å². The highest BCUT2D eigenvalue weighted by Crippen LogP contribution is 2.19. The second-order valence-corrected chi connectivity index (χ2v) is 6.57. The van der Waals surface area contributed by atoms with Crippen LogP contribution in [0, 0.1) is 0 Å². The zero-order valence-corrected chi connectivity index (χ0v) is 15.6. The molecule has 0 bridgehead atoms. The first-order valence-corrected chi connectivity index (χ1v) is 9.78. The van der Waals surface area contributed by atoms with E-state index in [9.17, 15) is 0 Å². The van der Waals surface area contributed by atoms with Crippen molar-refractivity contribution in [3.63, 3.8) is 0 Å². The van der Waals surface area contributed by atoms with E-state index in [1.54, 1.807) is 0 Å². The average molecular weight is 341 g/mol. The molecular weight excluding hydrogens is 308 g/mol. The lowest BCUT2D eigenvalue weighted by molar-refractivity contribution is 0.296. The van der Waals surface area contributed by atoms with E-state index in [1.165, 1.54) is 50.5 Å². The van der Waals surface area contributed by atoms with Gasteiger partial charge in [-0.25, -0.2) is 0 Å². The molecule has 2 rings (SSSR count). The monoisotopic (exact) mass is 340 g/mol. The minimum atomic E-state index is 0.597. The minimum absolute atomic E-state index is 0.597. The Labute approximate surface area is 153 Å². The second-order valence-electron chi connectivity index (χ2n) is 6.57. The van der Waals surface area contributed by atoms with E-state index >= 15 is 0 Å². The molecule has 0 saturated heterocycles. The molecule has 2 aromatic carbocycles. The molecule has 0 aliphatic rings. The fourth-order valence-corrected chi connectivity index (χ4v) is 2.80. The molecule has 0 spiro atoms. The molecule has 2 heteroatoms. The summed E-state index contributed by atoms with van der Waals surface area (Å²) < 4.78 is 11.6. The third-order valence-electron chi connectivity index (χ3n) is 4.34. The molecule has 136 valence electrons. The van der Waals surface area contributed by atoms with Crippen molar-refractivity contribution in [3.8, 4) is 11.5 Å². The smallest absolute Gasteiger partial charge is 0.120 e. The Hall–Kier alpha value is -1.96. The highest BCUT2D eigenvalue weighted by molar-refractivity contribution is 5.31. The summed E-state index contributed by atoms with van der Waals surface area (Å²) in [5.41, 5.74) is 1.18. The molecule has 2 aromatic rings. The molecule has 2 nitrogen and oxygen atoms in total. The van der Waals surface area contributed by atoms with Gasteiger partial charge in [-0.15, -0.1) is 0 Å². The number of rotatable bonds is 13. The first-order valence-electron chi connectivity index (χ1n) is 9.78. The fraction of sp³-hybridized carbons (Fsp3) is 0.478. The Morgan fingerprint density at radius 3 is 1.80 bits per heavy atom. The number of benzene rings is 2. The van der Waals surface area contributed by atoms with Crippen molar-refractivity contribution in [1.29, 1.82) is 0 Å². The predicted molar refractivity (Wildman–Crippen MR) is 105 cm³/mol. The lowest BCUT2D eigenvalue weighted by atomic mass is 10.1. The Bertz CT molecular complexity index is 548. The van der Waals surface area contributed by atoms with E-state index in [-0.39, 0.29) is 0 Å². The fourth-order valence-electron chi connectivity index (χ4n) is 2.80. The minimum Gasteiger partial charge on any atom is -0.494 e. The molecule has 0 amide bonds. The number of hydrogen-bond donors (Lipinski definition) is 0. The summed E-state index contributed by atoms with van der Waals surface area (Å²) in [4.78, 5) is 0. The van der Waals surface area contributed by atoms with Crippen LogP contribution in [0.5, 0.6) is 11.5 Å². The van der Waals surface area contributed by atoms with Gasteiger partial charge >= 0.3 is 0 Å². The molecule has 25 heavy (non-hydrogen) atoms. The summed E-state index contributed by atoms with van der Waals surface area (Å²) in [6.07, 6.45) is 10.6. The maximum Gasteiger partial charge on any atom is 0.120 e. The molecule has 0 fully saturated rings. The van der Waals surface area contributed by atoms with Crippen LogP contribution in [0.25, 0.3) is 0 Å². The summed E-state index contributed by atoms with van der Waals surface area (Å²) in [5.74, 6) is 1.80. The first-order chi connectivity index (χ1) is 12.4. The topological polar surface area (TPSA) is 18.5 Å².